The fraction of sp³-hybridized carbons (Fsp3) is 0.240. The number of aryl methyl sites for hydroxylation is 2. The van der Waals surface area contributed by atoms with Crippen LogP contribution in [-0.2, 0) is 24.8 Å². The van der Waals surface area contributed by atoms with Gasteiger partial charge in [-0.05, 0) is 74.4 Å². The first-order valence-corrected chi connectivity index (χ1v) is 14.4. The Morgan fingerprint density at radius 1 is 1.00 bits per heavy atom. The zero-order valence-electron chi connectivity index (χ0n) is 20.1. The summed E-state index contributed by atoms with van der Waals surface area (Å²) in [5.41, 5.74) is 2.94. The van der Waals surface area contributed by atoms with Crippen molar-refractivity contribution in [3.8, 4) is 5.75 Å². The number of anilines is 3. The van der Waals surface area contributed by atoms with Crippen LogP contribution >= 0.6 is 0 Å². The largest absolute Gasteiger partial charge is 0.476 e. The molecule has 3 aromatic rings. The lowest BCUT2D eigenvalue weighted by Gasteiger charge is -2.34. The summed E-state index contributed by atoms with van der Waals surface area (Å²) in [5.74, 6) is -0.383. The van der Waals surface area contributed by atoms with Gasteiger partial charge in [0.05, 0.1) is 28.6 Å². The molecule has 1 heterocycles. The lowest BCUT2D eigenvalue weighted by atomic mass is 10.1. The molecule has 9 nitrogen and oxygen atoms in total. The molecule has 0 radical (unpaired) electrons. The minimum atomic E-state index is -3.84. The second kappa shape index (κ2) is 9.82. The molecule has 1 atom stereocenters. The van der Waals surface area contributed by atoms with Crippen molar-refractivity contribution in [2.45, 2.75) is 31.8 Å². The molecule has 11 heteroatoms. The van der Waals surface area contributed by atoms with E-state index in [9.17, 15) is 21.6 Å². The molecule has 36 heavy (non-hydrogen) atoms. The summed E-state index contributed by atoms with van der Waals surface area (Å²) < 4.78 is 60.5. The number of fused-ring (bicyclic) bond motifs is 1. The van der Waals surface area contributed by atoms with Crippen LogP contribution < -0.4 is 19.1 Å². The van der Waals surface area contributed by atoms with Crippen LogP contribution in [0, 0.1) is 13.8 Å². The number of nitrogens with zero attached hydrogens (tertiary/aromatic N) is 1. The lowest BCUT2D eigenvalue weighted by molar-refractivity contribution is -0.122. The normalized spacial score (nSPS) is 15.5. The van der Waals surface area contributed by atoms with E-state index in [1.807, 2.05) is 26.0 Å². The first kappa shape index (κ1) is 25.5. The second-order valence-corrected chi connectivity index (χ2v) is 12.3. The van der Waals surface area contributed by atoms with Gasteiger partial charge in [-0.1, -0.05) is 24.3 Å². The molecule has 1 aliphatic rings. The molecule has 1 amide bonds. The zero-order valence-corrected chi connectivity index (χ0v) is 21.7. The Bertz CT molecular complexity index is 1500. The molecule has 0 aromatic heterocycles. The third-order valence-electron chi connectivity index (χ3n) is 5.80. The molecule has 1 unspecified atom stereocenters. The van der Waals surface area contributed by atoms with Crippen LogP contribution in [0.3, 0.4) is 0 Å². The second-order valence-electron chi connectivity index (χ2n) is 8.44. The number of nitrogens with one attached hydrogen (secondary N) is 2. The number of carbonyl (C=O) groups excluding carboxylic acids is 1. The number of hydrogen-bond donors (Lipinski definition) is 2. The molecular formula is C25H27N3O6S2. The fourth-order valence-electron chi connectivity index (χ4n) is 3.75. The van der Waals surface area contributed by atoms with E-state index in [1.54, 1.807) is 30.3 Å². The zero-order chi connectivity index (χ0) is 26.1. The smallest absolute Gasteiger partial charge is 0.267 e. The van der Waals surface area contributed by atoms with Gasteiger partial charge in [0.2, 0.25) is 10.0 Å². The maximum Gasteiger partial charge on any atom is 0.267 e. The molecule has 0 aliphatic carbocycles. The maximum atomic E-state index is 12.9. The number of carbonyl (C=O) groups is 1. The van der Waals surface area contributed by atoms with Crippen LogP contribution in [0.15, 0.2) is 71.6 Å². The van der Waals surface area contributed by atoms with Crippen molar-refractivity contribution in [3.63, 3.8) is 0 Å². The highest BCUT2D eigenvalue weighted by atomic mass is 32.2. The Labute approximate surface area is 211 Å². The van der Waals surface area contributed by atoms with E-state index in [0.717, 1.165) is 11.1 Å². The van der Waals surface area contributed by atoms with Crippen LogP contribution in [0.1, 0.15) is 18.1 Å². The Balaban J connectivity index is 1.49. The topological polar surface area (TPSA) is 122 Å². The van der Waals surface area contributed by atoms with Crippen LogP contribution in [-0.4, -0.2) is 41.1 Å². The van der Waals surface area contributed by atoms with E-state index in [4.69, 9.17) is 4.74 Å². The van der Waals surface area contributed by atoms with Gasteiger partial charge in [0.1, 0.15) is 5.75 Å². The molecule has 0 saturated heterocycles. The van der Waals surface area contributed by atoms with E-state index in [2.05, 4.69) is 10.0 Å². The summed E-state index contributed by atoms with van der Waals surface area (Å²) in [6, 6.07) is 17.8. The van der Waals surface area contributed by atoms with Gasteiger partial charge in [-0.3, -0.25) is 13.8 Å². The van der Waals surface area contributed by atoms with Gasteiger partial charge in [0, 0.05) is 5.69 Å². The third kappa shape index (κ3) is 5.31. The minimum absolute atomic E-state index is 0.0319. The molecule has 0 spiro atoms. The number of benzene rings is 3. The number of para-hydroxylation sites is 2. The molecule has 2 N–H and O–H groups in total. The Kier molecular flexibility index (Phi) is 6.96. The molecule has 1 aliphatic heterocycles. The molecule has 0 fully saturated rings. The molecule has 0 saturated carbocycles. The first-order chi connectivity index (χ1) is 17.0. The van der Waals surface area contributed by atoms with Crippen LogP contribution in [0.2, 0.25) is 0 Å². The molecular weight excluding hydrogens is 502 g/mol. The van der Waals surface area contributed by atoms with Gasteiger partial charge in [-0.2, -0.15) is 0 Å². The lowest BCUT2D eigenvalue weighted by Crippen LogP contribution is -2.49. The summed E-state index contributed by atoms with van der Waals surface area (Å²) in [4.78, 5) is 13.0. The summed E-state index contributed by atoms with van der Waals surface area (Å²) in [6.07, 6.45) is -1.09. The molecule has 190 valence electrons. The molecule has 3 aromatic carbocycles. The van der Waals surface area contributed by atoms with Gasteiger partial charge < -0.3 is 10.1 Å². The van der Waals surface area contributed by atoms with E-state index >= 15 is 0 Å². The molecule has 0 bridgehead atoms. The van der Waals surface area contributed by atoms with E-state index in [1.165, 1.54) is 35.5 Å². The van der Waals surface area contributed by atoms with E-state index in [-0.39, 0.29) is 17.2 Å². The number of ether oxygens (including phenoxy) is 1. The molecule has 4 rings (SSSR count). The maximum absolute atomic E-state index is 12.9. The first-order valence-electron chi connectivity index (χ1n) is 11.3. The van der Waals surface area contributed by atoms with Crippen LogP contribution in [0.5, 0.6) is 5.75 Å². The Morgan fingerprint density at radius 3 is 2.39 bits per heavy atom. The summed E-state index contributed by atoms with van der Waals surface area (Å²) in [6.45, 7) is 5.05. The Hall–Kier alpha value is -3.57. The fourth-order valence-corrected chi connectivity index (χ4v) is 5.99. The summed E-state index contributed by atoms with van der Waals surface area (Å²) in [7, 11) is -7.47. The van der Waals surface area contributed by atoms with Crippen LogP contribution in [0.25, 0.3) is 0 Å². The van der Waals surface area contributed by atoms with Crippen molar-refractivity contribution in [3.05, 3.63) is 77.9 Å². The quantitative estimate of drug-likeness (QED) is 0.482. The van der Waals surface area contributed by atoms with Crippen molar-refractivity contribution in [2.75, 3.05) is 26.6 Å². The van der Waals surface area contributed by atoms with Gasteiger partial charge >= 0.3 is 0 Å². The van der Waals surface area contributed by atoms with Gasteiger partial charge in [-0.25, -0.2) is 16.8 Å². The van der Waals surface area contributed by atoms with Crippen LogP contribution in [0.4, 0.5) is 17.1 Å². The van der Waals surface area contributed by atoms with E-state index < -0.39 is 32.1 Å². The number of rotatable bonds is 7. The summed E-state index contributed by atoms with van der Waals surface area (Å²) >= 11 is 0. The van der Waals surface area contributed by atoms with Gasteiger partial charge in [0.25, 0.3) is 15.9 Å². The predicted molar refractivity (Wildman–Crippen MR) is 139 cm³/mol. The summed E-state index contributed by atoms with van der Waals surface area (Å²) in [5, 5.41) is 2.68. The standard InChI is InChI=1S/C25H27N3O6S2/c1-4-35(30,31)28-16-24(34-23-8-6-5-7-22(23)28)25(29)26-19-11-13-20(14-12-19)36(32,33)27-21-15-17(2)9-10-18(21)3/h5-15,24,27H,4,16H2,1-3H3,(H,26,29). The third-order valence-corrected chi connectivity index (χ3v) is 8.93. The van der Waals surface area contributed by atoms with Crippen molar-refractivity contribution >= 4 is 43.0 Å². The van der Waals surface area contributed by atoms with Crippen molar-refractivity contribution in [2.24, 2.45) is 0 Å². The average molecular weight is 530 g/mol. The average Bonchev–Trinajstić information content (AvgIpc) is 2.85. The van der Waals surface area contributed by atoms with Gasteiger partial charge in [0.15, 0.2) is 6.10 Å². The SMILES string of the molecule is CCS(=O)(=O)N1CC(C(=O)Nc2ccc(S(=O)(=O)Nc3cc(C)ccc3C)cc2)Oc2ccccc21. The predicted octanol–water partition coefficient (Wildman–Crippen LogP) is 3.66. The van der Waals surface area contributed by atoms with Crippen molar-refractivity contribution < 1.29 is 26.4 Å². The Morgan fingerprint density at radius 2 is 1.69 bits per heavy atom. The number of sulfonamides is 2. The highest BCUT2D eigenvalue weighted by Gasteiger charge is 2.36. The number of hydrogen-bond acceptors (Lipinski definition) is 6. The minimum Gasteiger partial charge on any atom is -0.476 e. The van der Waals surface area contributed by atoms with E-state index in [0.29, 0.717) is 22.8 Å². The van der Waals surface area contributed by atoms with Crippen molar-refractivity contribution in [1.82, 2.24) is 0 Å². The van der Waals surface area contributed by atoms with Crippen molar-refractivity contribution in [1.29, 1.82) is 0 Å². The highest BCUT2D eigenvalue weighted by Crippen LogP contribution is 2.35. The monoisotopic (exact) mass is 529 g/mol. The number of amides is 1. The van der Waals surface area contributed by atoms with Gasteiger partial charge in [-0.15, -0.1) is 0 Å². The highest BCUT2D eigenvalue weighted by molar-refractivity contribution is 7.93.